The van der Waals surface area contributed by atoms with E-state index < -0.39 is 23.8 Å². The summed E-state index contributed by atoms with van der Waals surface area (Å²) in [4.78, 5) is 12.5. The van der Waals surface area contributed by atoms with Crippen LogP contribution < -0.4 is 5.32 Å². The minimum Gasteiger partial charge on any atom is -0.376 e. The van der Waals surface area contributed by atoms with E-state index in [1.165, 1.54) is 6.07 Å². The Labute approximate surface area is 141 Å². The van der Waals surface area contributed by atoms with E-state index in [1.54, 1.807) is 6.92 Å². The summed E-state index contributed by atoms with van der Waals surface area (Å²) in [6.45, 7) is 6.65. The maximum atomic E-state index is 13.3. The van der Waals surface area contributed by atoms with Crippen LogP contribution in [0.2, 0.25) is 0 Å². The molecule has 24 heavy (non-hydrogen) atoms. The average molecular weight is 341 g/mol. The largest absolute Gasteiger partial charge is 0.376 e. The highest BCUT2D eigenvalue weighted by atomic mass is 19.2. The third kappa shape index (κ3) is 4.98. The molecular weight excluding hydrogens is 316 g/mol. The molecule has 4 nitrogen and oxygen atoms in total. The zero-order chi connectivity index (χ0) is 17.7. The summed E-state index contributed by atoms with van der Waals surface area (Å²) in [6, 6.07) is 3.17. The van der Waals surface area contributed by atoms with E-state index in [9.17, 15) is 13.6 Å². The van der Waals surface area contributed by atoms with Crippen LogP contribution >= 0.6 is 0 Å². The van der Waals surface area contributed by atoms with Crippen LogP contribution in [0.15, 0.2) is 18.2 Å². The number of hydrogen-bond acceptors (Lipinski definition) is 3. The molecular formula is C18H25F2NO3. The maximum absolute atomic E-state index is 13.3. The van der Waals surface area contributed by atoms with E-state index in [4.69, 9.17) is 9.47 Å². The average Bonchev–Trinajstić information content (AvgIpc) is 3.03. The Kier molecular flexibility index (Phi) is 6.69. The second kappa shape index (κ2) is 8.53. The van der Waals surface area contributed by atoms with Crippen molar-refractivity contribution in [1.82, 2.24) is 5.32 Å². The minimum absolute atomic E-state index is 0.0106. The van der Waals surface area contributed by atoms with Crippen LogP contribution in [0.4, 0.5) is 8.78 Å². The van der Waals surface area contributed by atoms with E-state index in [2.05, 4.69) is 5.32 Å². The summed E-state index contributed by atoms with van der Waals surface area (Å²) in [6.07, 6.45) is 1.39. The number of ether oxygens (including phenoxy) is 2. The van der Waals surface area contributed by atoms with Gasteiger partial charge in [0.2, 0.25) is 5.91 Å². The SMILES string of the molecule is CC(C)[C@H](OC[C@@H]1CCCO1)C(=O)N[C@@H](C)c1ccc(F)c(F)c1. The van der Waals surface area contributed by atoms with Crippen molar-refractivity contribution in [2.24, 2.45) is 5.92 Å². The molecule has 0 unspecified atom stereocenters. The summed E-state index contributed by atoms with van der Waals surface area (Å²) in [5.74, 6) is -2.11. The van der Waals surface area contributed by atoms with Gasteiger partial charge < -0.3 is 14.8 Å². The zero-order valence-electron chi connectivity index (χ0n) is 14.4. The summed E-state index contributed by atoms with van der Waals surface area (Å²) in [5.41, 5.74) is 0.504. The standard InChI is InChI=1S/C18H25F2NO3/c1-11(2)17(24-10-14-5-4-8-23-14)18(22)21-12(3)13-6-7-15(19)16(20)9-13/h6-7,9,11-12,14,17H,4-5,8,10H2,1-3H3,(H,21,22)/t12-,14-,17-/m0/s1. The van der Waals surface area contributed by atoms with Gasteiger partial charge in [-0.2, -0.15) is 0 Å². The lowest BCUT2D eigenvalue weighted by Gasteiger charge is -2.24. The molecule has 1 aliphatic rings. The first-order valence-electron chi connectivity index (χ1n) is 8.37. The molecule has 1 amide bonds. The van der Waals surface area contributed by atoms with Crippen molar-refractivity contribution in [1.29, 1.82) is 0 Å². The van der Waals surface area contributed by atoms with E-state index in [0.717, 1.165) is 31.6 Å². The van der Waals surface area contributed by atoms with E-state index in [-0.39, 0.29) is 17.9 Å². The molecule has 1 heterocycles. The van der Waals surface area contributed by atoms with Gasteiger partial charge in [-0.3, -0.25) is 4.79 Å². The van der Waals surface area contributed by atoms with Gasteiger partial charge in [0, 0.05) is 6.61 Å². The minimum atomic E-state index is -0.927. The van der Waals surface area contributed by atoms with Crippen LogP contribution in [-0.2, 0) is 14.3 Å². The highest BCUT2D eigenvalue weighted by Crippen LogP contribution is 2.18. The van der Waals surface area contributed by atoms with Crippen molar-refractivity contribution >= 4 is 5.91 Å². The molecule has 0 radical (unpaired) electrons. The Bertz CT molecular complexity index is 559. The number of benzene rings is 1. The topological polar surface area (TPSA) is 47.6 Å². The number of amides is 1. The van der Waals surface area contributed by atoms with Crippen molar-refractivity contribution in [3.05, 3.63) is 35.4 Å². The van der Waals surface area contributed by atoms with Gasteiger partial charge in [0.1, 0.15) is 6.10 Å². The second-order valence-corrected chi connectivity index (χ2v) is 6.54. The Morgan fingerprint density at radius 2 is 2.08 bits per heavy atom. The number of rotatable bonds is 7. The van der Waals surface area contributed by atoms with Gasteiger partial charge >= 0.3 is 0 Å². The van der Waals surface area contributed by atoms with E-state index in [0.29, 0.717) is 12.2 Å². The Balaban J connectivity index is 1.94. The Hall–Kier alpha value is -1.53. The zero-order valence-corrected chi connectivity index (χ0v) is 14.4. The van der Waals surface area contributed by atoms with Crippen LogP contribution in [0.1, 0.15) is 45.2 Å². The van der Waals surface area contributed by atoms with E-state index >= 15 is 0 Å². The van der Waals surface area contributed by atoms with Gasteiger partial charge in [-0.25, -0.2) is 8.78 Å². The lowest BCUT2D eigenvalue weighted by Crippen LogP contribution is -2.42. The molecule has 1 aromatic rings. The smallest absolute Gasteiger partial charge is 0.249 e. The van der Waals surface area contributed by atoms with Crippen molar-refractivity contribution < 1.29 is 23.0 Å². The molecule has 3 atom stereocenters. The monoisotopic (exact) mass is 341 g/mol. The van der Waals surface area contributed by atoms with Crippen molar-refractivity contribution in [3.8, 4) is 0 Å². The Morgan fingerprint density at radius 1 is 1.33 bits per heavy atom. The van der Waals surface area contributed by atoms with Gasteiger partial charge in [0.15, 0.2) is 11.6 Å². The molecule has 1 aliphatic heterocycles. The number of nitrogens with one attached hydrogen (secondary N) is 1. The van der Waals surface area contributed by atoms with Gasteiger partial charge in [-0.1, -0.05) is 19.9 Å². The van der Waals surface area contributed by atoms with Gasteiger partial charge in [-0.05, 0) is 43.4 Å². The van der Waals surface area contributed by atoms with Crippen LogP contribution in [-0.4, -0.2) is 31.3 Å². The first-order valence-corrected chi connectivity index (χ1v) is 8.37. The molecule has 1 N–H and O–H groups in total. The van der Waals surface area contributed by atoms with Crippen molar-refractivity contribution in [2.75, 3.05) is 13.2 Å². The summed E-state index contributed by atoms with van der Waals surface area (Å²) >= 11 is 0. The third-order valence-electron chi connectivity index (χ3n) is 4.15. The summed E-state index contributed by atoms with van der Waals surface area (Å²) < 4.78 is 37.6. The molecule has 1 saturated heterocycles. The number of hydrogen-bond donors (Lipinski definition) is 1. The molecule has 6 heteroatoms. The highest BCUT2D eigenvalue weighted by Gasteiger charge is 2.27. The lowest BCUT2D eigenvalue weighted by atomic mass is 10.0. The molecule has 134 valence electrons. The van der Waals surface area contributed by atoms with Crippen molar-refractivity contribution in [3.63, 3.8) is 0 Å². The third-order valence-corrected chi connectivity index (χ3v) is 4.15. The first-order chi connectivity index (χ1) is 11.4. The van der Waals surface area contributed by atoms with Crippen LogP contribution in [0, 0.1) is 17.6 Å². The molecule has 1 aromatic carbocycles. The fourth-order valence-corrected chi connectivity index (χ4v) is 2.72. The van der Waals surface area contributed by atoms with Gasteiger partial charge in [0.05, 0.1) is 18.8 Å². The quantitative estimate of drug-likeness (QED) is 0.827. The molecule has 0 saturated carbocycles. The summed E-state index contributed by atoms with van der Waals surface area (Å²) in [5, 5.41) is 2.81. The van der Waals surface area contributed by atoms with Crippen LogP contribution in [0.3, 0.4) is 0 Å². The fourth-order valence-electron chi connectivity index (χ4n) is 2.72. The highest BCUT2D eigenvalue weighted by molar-refractivity contribution is 5.81. The first kappa shape index (κ1) is 18.8. The normalized spacial score (nSPS) is 20.2. The summed E-state index contributed by atoms with van der Waals surface area (Å²) in [7, 11) is 0. The predicted octanol–water partition coefficient (Wildman–Crippen LogP) is 3.36. The molecule has 0 aromatic heterocycles. The molecule has 1 fully saturated rings. The molecule has 2 rings (SSSR count). The maximum Gasteiger partial charge on any atom is 0.249 e. The lowest BCUT2D eigenvalue weighted by molar-refractivity contribution is -0.139. The number of carbonyl (C=O) groups is 1. The van der Waals surface area contributed by atoms with Gasteiger partial charge in [-0.15, -0.1) is 0 Å². The molecule has 0 aliphatic carbocycles. The van der Waals surface area contributed by atoms with E-state index in [1.807, 2.05) is 13.8 Å². The number of carbonyl (C=O) groups excluding carboxylic acids is 1. The molecule has 0 spiro atoms. The number of halogens is 2. The van der Waals surface area contributed by atoms with Gasteiger partial charge in [0.25, 0.3) is 0 Å². The second-order valence-electron chi connectivity index (χ2n) is 6.54. The molecule has 0 bridgehead atoms. The predicted molar refractivity (Wildman–Crippen MR) is 86.5 cm³/mol. The van der Waals surface area contributed by atoms with Crippen LogP contribution in [0.25, 0.3) is 0 Å². The van der Waals surface area contributed by atoms with Crippen LogP contribution in [0.5, 0.6) is 0 Å². The Morgan fingerprint density at radius 3 is 2.67 bits per heavy atom. The fraction of sp³-hybridized carbons (Fsp3) is 0.611. The van der Waals surface area contributed by atoms with Crippen molar-refractivity contribution in [2.45, 2.75) is 51.9 Å².